The van der Waals surface area contributed by atoms with Gasteiger partial charge in [-0.25, -0.2) is 0 Å². The van der Waals surface area contributed by atoms with Gasteiger partial charge in [0.25, 0.3) is 5.91 Å². The summed E-state index contributed by atoms with van der Waals surface area (Å²) in [5.41, 5.74) is 2.03. The van der Waals surface area contributed by atoms with Crippen LogP contribution in [0.1, 0.15) is 29.6 Å². The lowest BCUT2D eigenvalue weighted by molar-refractivity contribution is -0.117. The van der Waals surface area contributed by atoms with Crippen LogP contribution in [0, 0.1) is 0 Å². The zero-order valence-corrected chi connectivity index (χ0v) is 15.1. The van der Waals surface area contributed by atoms with Crippen LogP contribution in [0.4, 0.5) is 11.4 Å². The standard InChI is InChI=1S/C21H25N3O2/c1-23(19-11-4-2-5-12-19)21(26)17-9-8-10-18(15-17)22-20(25)16-24-13-6-3-7-14-24/h2,4-5,8-12,15H,3,6-7,13-14,16H2,1H3,(H,22,25). The third-order valence-corrected chi connectivity index (χ3v) is 4.66. The number of rotatable bonds is 5. The number of para-hydroxylation sites is 1. The Hall–Kier alpha value is -2.66. The normalized spacial score (nSPS) is 14.7. The highest BCUT2D eigenvalue weighted by molar-refractivity contribution is 6.06. The lowest BCUT2D eigenvalue weighted by atomic mass is 10.1. The van der Waals surface area contributed by atoms with Crippen molar-refractivity contribution in [2.45, 2.75) is 19.3 Å². The Morgan fingerprint density at radius 2 is 1.73 bits per heavy atom. The summed E-state index contributed by atoms with van der Waals surface area (Å²) < 4.78 is 0. The monoisotopic (exact) mass is 351 g/mol. The summed E-state index contributed by atoms with van der Waals surface area (Å²) in [6.07, 6.45) is 3.56. The zero-order valence-electron chi connectivity index (χ0n) is 15.1. The number of anilines is 2. The van der Waals surface area contributed by atoms with Gasteiger partial charge in [0.2, 0.25) is 5.91 Å². The Balaban J connectivity index is 1.64. The number of hydrogen-bond donors (Lipinski definition) is 1. The first-order chi connectivity index (χ1) is 12.6. The van der Waals surface area contributed by atoms with Crippen molar-refractivity contribution in [1.29, 1.82) is 0 Å². The summed E-state index contributed by atoms with van der Waals surface area (Å²) >= 11 is 0. The molecule has 1 aliphatic rings. The molecule has 1 fully saturated rings. The summed E-state index contributed by atoms with van der Waals surface area (Å²) in [5, 5.41) is 2.91. The van der Waals surface area contributed by atoms with Crippen LogP contribution in [-0.2, 0) is 4.79 Å². The summed E-state index contributed by atoms with van der Waals surface area (Å²) in [6, 6.07) is 16.6. The van der Waals surface area contributed by atoms with Crippen molar-refractivity contribution in [3.05, 3.63) is 60.2 Å². The van der Waals surface area contributed by atoms with Gasteiger partial charge in [-0.2, -0.15) is 0 Å². The fourth-order valence-corrected chi connectivity index (χ4v) is 3.21. The second-order valence-electron chi connectivity index (χ2n) is 6.67. The average molecular weight is 351 g/mol. The maximum atomic E-state index is 12.7. The number of piperidine rings is 1. The van der Waals surface area contributed by atoms with Crippen molar-refractivity contribution < 1.29 is 9.59 Å². The maximum absolute atomic E-state index is 12.7. The number of nitrogens with one attached hydrogen (secondary N) is 1. The molecule has 0 unspecified atom stereocenters. The summed E-state index contributed by atoms with van der Waals surface area (Å²) in [5.74, 6) is -0.142. The maximum Gasteiger partial charge on any atom is 0.258 e. The van der Waals surface area contributed by atoms with Gasteiger partial charge in [0, 0.05) is 24.0 Å². The van der Waals surface area contributed by atoms with E-state index in [2.05, 4.69) is 10.2 Å². The lowest BCUT2D eigenvalue weighted by Gasteiger charge is -2.25. The second-order valence-corrected chi connectivity index (χ2v) is 6.67. The Labute approximate surface area is 154 Å². The largest absolute Gasteiger partial charge is 0.325 e. The van der Waals surface area contributed by atoms with Crippen LogP contribution < -0.4 is 10.2 Å². The van der Waals surface area contributed by atoms with Crippen molar-refractivity contribution in [1.82, 2.24) is 4.90 Å². The molecule has 0 aliphatic carbocycles. The van der Waals surface area contributed by atoms with Gasteiger partial charge in [-0.05, 0) is 56.3 Å². The molecule has 136 valence electrons. The lowest BCUT2D eigenvalue weighted by Crippen LogP contribution is -2.36. The number of carbonyl (C=O) groups is 2. The fraction of sp³-hybridized carbons (Fsp3) is 0.333. The molecule has 1 aliphatic heterocycles. The van der Waals surface area contributed by atoms with E-state index in [-0.39, 0.29) is 11.8 Å². The third-order valence-electron chi connectivity index (χ3n) is 4.66. The Kier molecular flexibility index (Phi) is 6.02. The molecule has 2 aromatic rings. The molecular formula is C21H25N3O2. The highest BCUT2D eigenvalue weighted by Crippen LogP contribution is 2.17. The van der Waals surface area contributed by atoms with Gasteiger partial charge in [-0.3, -0.25) is 14.5 Å². The first-order valence-corrected chi connectivity index (χ1v) is 9.09. The number of hydrogen-bond acceptors (Lipinski definition) is 3. The van der Waals surface area contributed by atoms with Crippen LogP contribution in [0.2, 0.25) is 0 Å². The van der Waals surface area contributed by atoms with Gasteiger partial charge < -0.3 is 10.2 Å². The Morgan fingerprint density at radius 3 is 2.46 bits per heavy atom. The van der Waals surface area contributed by atoms with Crippen molar-refractivity contribution in [2.24, 2.45) is 0 Å². The first kappa shape index (κ1) is 18.1. The van der Waals surface area contributed by atoms with Crippen molar-refractivity contribution in [2.75, 3.05) is 36.9 Å². The molecule has 2 amide bonds. The van der Waals surface area contributed by atoms with E-state index in [1.807, 2.05) is 36.4 Å². The minimum Gasteiger partial charge on any atom is -0.325 e. The summed E-state index contributed by atoms with van der Waals surface area (Å²) in [4.78, 5) is 28.8. The van der Waals surface area contributed by atoms with E-state index < -0.39 is 0 Å². The highest BCUT2D eigenvalue weighted by atomic mass is 16.2. The third kappa shape index (κ3) is 4.70. The zero-order chi connectivity index (χ0) is 18.4. The number of carbonyl (C=O) groups excluding carboxylic acids is 2. The van der Waals surface area contributed by atoms with Crippen molar-refractivity contribution in [3.8, 4) is 0 Å². The van der Waals surface area contributed by atoms with Crippen molar-refractivity contribution in [3.63, 3.8) is 0 Å². The van der Waals surface area contributed by atoms with Crippen LogP contribution in [0.3, 0.4) is 0 Å². The van der Waals surface area contributed by atoms with E-state index in [1.165, 1.54) is 6.42 Å². The number of benzene rings is 2. The molecular weight excluding hydrogens is 326 g/mol. The number of amides is 2. The average Bonchev–Trinajstić information content (AvgIpc) is 2.68. The number of likely N-dealkylation sites (tertiary alicyclic amines) is 1. The van der Waals surface area contributed by atoms with Gasteiger partial charge in [0.05, 0.1) is 6.54 Å². The molecule has 0 atom stereocenters. The quantitative estimate of drug-likeness (QED) is 0.898. The Morgan fingerprint density at radius 1 is 1.00 bits per heavy atom. The molecule has 5 heteroatoms. The molecule has 0 saturated carbocycles. The van der Waals surface area contributed by atoms with Crippen LogP contribution in [0.5, 0.6) is 0 Å². The molecule has 26 heavy (non-hydrogen) atoms. The predicted octanol–water partition coefficient (Wildman–Crippen LogP) is 3.39. The van der Waals surface area contributed by atoms with Gasteiger partial charge in [-0.15, -0.1) is 0 Å². The van der Waals surface area contributed by atoms with Crippen LogP contribution in [-0.4, -0.2) is 43.4 Å². The molecule has 1 heterocycles. The number of nitrogens with zero attached hydrogens (tertiary/aromatic N) is 2. The minimum atomic E-state index is -0.108. The van der Waals surface area contributed by atoms with Gasteiger partial charge in [0.15, 0.2) is 0 Å². The molecule has 0 spiro atoms. The van der Waals surface area contributed by atoms with Crippen LogP contribution >= 0.6 is 0 Å². The van der Waals surface area contributed by atoms with E-state index in [9.17, 15) is 9.59 Å². The van der Waals surface area contributed by atoms with Crippen molar-refractivity contribution >= 4 is 23.2 Å². The molecule has 1 saturated heterocycles. The van der Waals surface area contributed by atoms with Crippen LogP contribution in [0.15, 0.2) is 54.6 Å². The molecule has 2 aromatic carbocycles. The van der Waals surface area contributed by atoms with E-state index in [0.717, 1.165) is 31.6 Å². The first-order valence-electron chi connectivity index (χ1n) is 9.09. The topological polar surface area (TPSA) is 52.7 Å². The van der Waals surface area contributed by atoms with E-state index in [1.54, 1.807) is 30.1 Å². The Bertz CT molecular complexity index is 755. The molecule has 0 radical (unpaired) electrons. The van der Waals surface area contributed by atoms with Gasteiger partial charge in [0.1, 0.15) is 0 Å². The fourth-order valence-electron chi connectivity index (χ4n) is 3.21. The molecule has 0 bridgehead atoms. The minimum absolute atomic E-state index is 0.0343. The van der Waals surface area contributed by atoms with E-state index in [4.69, 9.17) is 0 Å². The SMILES string of the molecule is CN(C(=O)c1cccc(NC(=O)CN2CCCCC2)c1)c1ccccc1. The van der Waals surface area contributed by atoms with E-state index >= 15 is 0 Å². The van der Waals surface area contributed by atoms with Gasteiger partial charge in [-0.1, -0.05) is 30.7 Å². The molecule has 1 N–H and O–H groups in total. The van der Waals surface area contributed by atoms with Gasteiger partial charge >= 0.3 is 0 Å². The van der Waals surface area contributed by atoms with E-state index in [0.29, 0.717) is 17.8 Å². The second kappa shape index (κ2) is 8.63. The molecule has 5 nitrogen and oxygen atoms in total. The molecule has 0 aromatic heterocycles. The highest BCUT2D eigenvalue weighted by Gasteiger charge is 2.16. The summed E-state index contributed by atoms with van der Waals surface area (Å²) in [6.45, 7) is 2.36. The van der Waals surface area contributed by atoms with Crippen LogP contribution in [0.25, 0.3) is 0 Å². The predicted molar refractivity (Wildman–Crippen MR) is 105 cm³/mol. The summed E-state index contributed by atoms with van der Waals surface area (Å²) in [7, 11) is 1.75. The smallest absolute Gasteiger partial charge is 0.258 e. The molecule has 3 rings (SSSR count).